The third kappa shape index (κ3) is 2.21. The van der Waals surface area contributed by atoms with Crippen LogP contribution in [0.5, 0.6) is 0 Å². The van der Waals surface area contributed by atoms with Crippen molar-refractivity contribution in [3.05, 3.63) is 34.0 Å². The Balaban J connectivity index is 2.79. The standard InChI is InChI=1S/C6H7N3O2/c1-5-2-3-7-6(4-5)8-9(10)11/h2-4H,1H3,(H,7,8). The quantitative estimate of drug-likeness (QED) is 0.508. The predicted octanol–water partition coefficient (Wildman–Crippen LogP) is 0.994. The van der Waals surface area contributed by atoms with E-state index in [0.717, 1.165) is 5.56 Å². The molecule has 0 atom stereocenters. The molecule has 0 aliphatic heterocycles. The summed E-state index contributed by atoms with van der Waals surface area (Å²) in [6.45, 7) is 1.84. The molecule has 0 bridgehead atoms. The largest absolute Gasteiger partial charge is 0.234 e. The second-order valence-corrected chi connectivity index (χ2v) is 2.09. The summed E-state index contributed by atoms with van der Waals surface area (Å²) >= 11 is 0. The van der Waals surface area contributed by atoms with Crippen molar-refractivity contribution in [2.24, 2.45) is 0 Å². The van der Waals surface area contributed by atoms with E-state index in [2.05, 4.69) is 4.98 Å². The van der Waals surface area contributed by atoms with Gasteiger partial charge in [-0.1, -0.05) is 5.43 Å². The third-order valence-corrected chi connectivity index (χ3v) is 1.12. The minimum Gasteiger partial charge on any atom is -0.234 e. The number of pyridine rings is 1. The minimum atomic E-state index is -0.637. The van der Waals surface area contributed by atoms with E-state index in [-0.39, 0.29) is 5.82 Å². The molecular weight excluding hydrogens is 146 g/mol. The van der Waals surface area contributed by atoms with Gasteiger partial charge in [0.15, 0.2) is 10.9 Å². The van der Waals surface area contributed by atoms with Crippen LogP contribution in [0.3, 0.4) is 0 Å². The molecule has 0 aliphatic rings. The fraction of sp³-hybridized carbons (Fsp3) is 0.167. The summed E-state index contributed by atoms with van der Waals surface area (Å²) in [5.41, 5.74) is 2.89. The molecule has 0 saturated carbocycles. The molecule has 1 aromatic heterocycles. The zero-order valence-corrected chi connectivity index (χ0v) is 5.94. The molecule has 5 heteroatoms. The summed E-state index contributed by atoms with van der Waals surface area (Å²) in [6.07, 6.45) is 1.52. The van der Waals surface area contributed by atoms with Crippen LogP contribution in [0, 0.1) is 17.0 Å². The molecule has 1 heterocycles. The molecule has 0 aliphatic carbocycles. The van der Waals surface area contributed by atoms with E-state index in [4.69, 9.17) is 0 Å². The van der Waals surface area contributed by atoms with Gasteiger partial charge in [0.1, 0.15) is 0 Å². The van der Waals surface area contributed by atoms with Crippen LogP contribution in [0.4, 0.5) is 5.82 Å². The minimum absolute atomic E-state index is 0.259. The van der Waals surface area contributed by atoms with Crippen molar-refractivity contribution in [1.29, 1.82) is 0 Å². The van der Waals surface area contributed by atoms with Crippen LogP contribution in [0.15, 0.2) is 18.3 Å². The fourth-order valence-electron chi connectivity index (χ4n) is 0.691. The Bertz CT molecular complexity index is 274. The van der Waals surface area contributed by atoms with E-state index < -0.39 is 5.03 Å². The van der Waals surface area contributed by atoms with Crippen LogP contribution in [0.25, 0.3) is 0 Å². The maximum absolute atomic E-state index is 9.93. The molecule has 0 unspecified atom stereocenters. The highest BCUT2D eigenvalue weighted by Crippen LogP contribution is 2.03. The lowest BCUT2D eigenvalue weighted by Gasteiger charge is -1.95. The molecule has 0 radical (unpaired) electrons. The summed E-state index contributed by atoms with van der Waals surface area (Å²) in [5, 5.41) is 9.30. The molecule has 0 amide bonds. The van der Waals surface area contributed by atoms with Crippen molar-refractivity contribution in [2.75, 3.05) is 5.43 Å². The first-order valence-corrected chi connectivity index (χ1v) is 3.02. The first-order valence-electron chi connectivity index (χ1n) is 3.02. The second kappa shape index (κ2) is 2.96. The summed E-state index contributed by atoms with van der Waals surface area (Å²) in [5.74, 6) is 0.259. The summed E-state index contributed by atoms with van der Waals surface area (Å²) in [4.78, 5) is 13.7. The van der Waals surface area contributed by atoms with Crippen LogP contribution >= 0.6 is 0 Å². The lowest BCUT2D eigenvalue weighted by molar-refractivity contribution is -0.445. The van der Waals surface area contributed by atoms with Crippen LogP contribution in [0.2, 0.25) is 0 Å². The lowest BCUT2D eigenvalue weighted by Crippen LogP contribution is -2.08. The van der Waals surface area contributed by atoms with Crippen molar-refractivity contribution in [1.82, 2.24) is 4.98 Å². The molecule has 0 fully saturated rings. The Hall–Kier alpha value is -1.65. The number of nitrogens with one attached hydrogen (secondary N) is 1. The number of nitrogens with zero attached hydrogens (tertiary/aromatic N) is 2. The number of aromatic nitrogens is 1. The highest BCUT2D eigenvalue weighted by Gasteiger charge is 1.98. The molecular formula is C6H7N3O2. The number of hydrogen-bond acceptors (Lipinski definition) is 3. The molecule has 0 aromatic carbocycles. The van der Waals surface area contributed by atoms with Gasteiger partial charge in [0.05, 0.1) is 0 Å². The topological polar surface area (TPSA) is 68.1 Å². The smallest absolute Gasteiger partial charge is 0.190 e. The van der Waals surface area contributed by atoms with Gasteiger partial charge in [-0.05, 0) is 24.6 Å². The number of rotatable bonds is 2. The van der Waals surface area contributed by atoms with Crippen molar-refractivity contribution in [3.63, 3.8) is 0 Å². The average Bonchev–Trinajstić information content (AvgIpc) is 1.85. The predicted molar refractivity (Wildman–Crippen MR) is 39.6 cm³/mol. The summed E-state index contributed by atoms with van der Waals surface area (Å²) < 4.78 is 0. The second-order valence-electron chi connectivity index (χ2n) is 2.09. The van der Waals surface area contributed by atoms with Gasteiger partial charge in [-0.3, -0.25) is 0 Å². The van der Waals surface area contributed by atoms with E-state index in [9.17, 15) is 10.1 Å². The Morgan fingerprint density at radius 3 is 3.00 bits per heavy atom. The Morgan fingerprint density at radius 2 is 2.45 bits per heavy atom. The van der Waals surface area contributed by atoms with E-state index in [1.165, 1.54) is 6.20 Å². The fourth-order valence-corrected chi connectivity index (χ4v) is 0.691. The van der Waals surface area contributed by atoms with Gasteiger partial charge in [0, 0.05) is 6.20 Å². The number of nitro groups is 1. The van der Waals surface area contributed by atoms with Crippen molar-refractivity contribution >= 4 is 5.82 Å². The number of anilines is 1. The maximum Gasteiger partial charge on any atom is 0.190 e. The monoisotopic (exact) mass is 153 g/mol. The molecule has 5 nitrogen and oxygen atoms in total. The highest BCUT2D eigenvalue weighted by molar-refractivity contribution is 5.34. The summed E-state index contributed by atoms with van der Waals surface area (Å²) in [7, 11) is 0. The number of hydrogen-bond donors (Lipinski definition) is 1. The zero-order valence-electron chi connectivity index (χ0n) is 5.94. The molecule has 0 spiro atoms. The van der Waals surface area contributed by atoms with Gasteiger partial charge < -0.3 is 0 Å². The average molecular weight is 153 g/mol. The van der Waals surface area contributed by atoms with Crippen molar-refractivity contribution < 1.29 is 5.03 Å². The zero-order chi connectivity index (χ0) is 8.27. The van der Waals surface area contributed by atoms with Gasteiger partial charge in [0.25, 0.3) is 0 Å². The van der Waals surface area contributed by atoms with Gasteiger partial charge in [-0.25, -0.2) is 15.1 Å². The normalized spacial score (nSPS) is 9.18. The molecule has 1 rings (SSSR count). The van der Waals surface area contributed by atoms with E-state index >= 15 is 0 Å². The van der Waals surface area contributed by atoms with Gasteiger partial charge in [-0.15, -0.1) is 0 Å². The molecule has 58 valence electrons. The Labute approximate surface area is 63.2 Å². The van der Waals surface area contributed by atoms with E-state index in [1.54, 1.807) is 12.1 Å². The van der Waals surface area contributed by atoms with E-state index in [0.29, 0.717) is 0 Å². The Morgan fingerprint density at radius 1 is 1.73 bits per heavy atom. The third-order valence-electron chi connectivity index (χ3n) is 1.12. The van der Waals surface area contributed by atoms with Gasteiger partial charge in [-0.2, -0.15) is 0 Å². The van der Waals surface area contributed by atoms with Gasteiger partial charge in [0.2, 0.25) is 0 Å². The number of aryl methyl sites for hydroxylation is 1. The lowest BCUT2D eigenvalue weighted by atomic mass is 10.3. The SMILES string of the molecule is Cc1ccnc(N[N+](=O)[O-])c1. The first kappa shape index (κ1) is 7.46. The van der Waals surface area contributed by atoms with Crippen LogP contribution in [-0.2, 0) is 0 Å². The molecule has 1 aromatic rings. The first-order chi connectivity index (χ1) is 5.18. The molecule has 1 N–H and O–H groups in total. The van der Waals surface area contributed by atoms with E-state index in [1.807, 2.05) is 12.3 Å². The van der Waals surface area contributed by atoms with Crippen molar-refractivity contribution in [3.8, 4) is 0 Å². The van der Waals surface area contributed by atoms with Crippen LogP contribution in [-0.4, -0.2) is 10.0 Å². The summed E-state index contributed by atoms with van der Waals surface area (Å²) in [6, 6.07) is 3.37. The van der Waals surface area contributed by atoms with Crippen LogP contribution < -0.4 is 5.43 Å². The van der Waals surface area contributed by atoms with Crippen molar-refractivity contribution in [2.45, 2.75) is 6.92 Å². The Kier molecular flexibility index (Phi) is 2.00. The van der Waals surface area contributed by atoms with Crippen LogP contribution in [0.1, 0.15) is 5.56 Å². The highest BCUT2D eigenvalue weighted by atomic mass is 16.7. The number of hydrazine groups is 1. The molecule has 11 heavy (non-hydrogen) atoms. The maximum atomic E-state index is 9.93. The van der Waals surface area contributed by atoms with Gasteiger partial charge >= 0.3 is 0 Å². The molecule has 0 saturated heterocycles.